The molecule has 5 rings (SSSR count). The maximum atomic E-state index is 9.75. The topological polar surface area (TPSA) is 3.88 Å². The molecule has 0 bridgehead atoms. The van der Waals surface area contributed by atoms with Gasteiger partial charge in [0.2, 0.25) is 11.4 Å². The van der Waals surface area contributed by atoms with Gasteiger partial charge in [-0.05, 0) is 56.4 Å². The number of hydrogen-bond donors (Lipinski definition) is 0. The van der Waals surface area contributed by atoms with Gasteiger partial charge in [-0.15, -0.1) is 0 Å². The molecular weight excluding hydrogens is 449 g/mol. The van der Waals surface area contributed by atoms with Crippen LogP contribution in [-0.4, -0.2) is 7.25 Å². The summed E-state index contributed by atoms with van der Waals surface area (Å²) in [6.45, 7) is 4.82. The Morgan fingerprint density at radius 3 is 1.74 bits per heavy atom. The van der Waals surface area contributed by atoms with Gasteiger partial charge < -0.3 is 17.3 Å². The molecule has 0 spiro atoms. The second-order valence-corrected chi connectivity index (χ2v) is 9.41. The van der Waals surface area contributed by atoms with E-state index in [9.17, 15) is 17.3 Å². The van der Waals surface area contributed by atoms with Crippen molar-refractivity contribution >= 4 is 7.25 Å². The van der Waals surface area contributed by atoms with E-state index < -0.39 is 7.25 Å². The number of para-hydroxylation sites is 1. The van der Waals surface area contributed by atoms with Crippen molar-refractivity contribution in [3.63, 3.8) is 0 Å². The normalized spacial score (nSPS) is 14.5. The summed E-state index contributed by atoms with van der Waals surface area (Å²) in [4.78, 5) is 0. The molecule has 0 saturated heterocycles. The van der Waals surface area contributed by atoms with Gasteiger partial charge in [0.05, 0.1) is 5.41 Å². The Labute approximate surface area is 204 Å². The van der Waals surface area contributed by atoms with Crippen LogP contribution in [0.3, 0.4) is 0 Å². The highest BCUT2D eigenvalue weighted by Crippen LogP contribution is 2.41. The van der Waals surface area contributed by atoms with E-state index in [2.05, 4.69) is 115 Å². The van der Waals surface area contributed by atoms with Crippen molar-refractivity contribution in [1.29, 1.82) is 0 Å². The highest BCUT2D eigenvalue weighted by Gasteiger charge is 2.40. The average molecular weight is 477 g/mol. The Hall–Kier alpha value is -3.41. The summed E-state index contributed by atoms with van der Waals surface area (Å²) in [5.74, 6) is 0. The molecule has 3 aromatic carbocycles. The molecule has 1 aliphatic carbocycles. The molecule has 0 aliphatic heterocycles. The number of halogens is 4. The number of nitrogens with zero attached hydrogens (tertiary/aromatic N) is 1. The van der Waals surface area contributed by atoms with E-state index >= 15 is 0 Å². The van der Waals surface area contributed by atoms with Crippen LogP contribution in [0, 0.1) is 0 Å². The zero-order valence-corrected chi connectivity index (χ0v) is 19.9. The lowest BCUT2D eigenvalue weighted by atomic mass is 9.73. The molecule has 0 atom stereocenters. The van der Waals surface area contributed by atoms with Crippen molar-refractivity contribution in [2.45, 2.75) is 38.5 Å². The molecule has 35 heavy (non-hydrogen) atoms. The summed E-state index contributed by atoms with van der Waals surface area (Å²) in [6, 6.07) is 35.0. The smallest absolute Gasteiger partial charge is 0.418 e. The highest BCUT2D eigenvalue weighted by molar-refractivity contribution is 6.50. The van der Waals surface area contributed by atoms with Gasteiger partial charge in [0, 0.05) is 29.3 Å². The minimum absolute atomic E-state index is 0.109. The lowest BCUT2D eigenvalue weighted by Gasteiger charge is -2.31. The first-order chi connectivity index (χ1) is 16.6. The molecule has 0 fully saturated rings. The lowest BCUT2D eigenvalue weighted by Crippen LogP contribution is -2.47. The molecule has 0 N–H and O–H groups in total. The molecule has 0 radical (unpaired) electrons. The molecule has 1 aromatic heterocycles. The standard InChI is InChI=1S/C29H28N.BF4/c1-29(2)20-12-19-25-26(22-13-6-3-7-14-22)21-27(23-15-8-4-9-16-23)30(28(25)29)24-17-10-5-11-18-24;2-1(3,4)5/h3-11,13-18,21H,12,19-20H2,1-2H3;/q+1;-1. The molecular formula is C29H28BF4N. The molecule has 0 unspecified atom stereocenters. The molecule has 4 aromatic rings. The first-order valence-electron chi connectivity index (χ1n) is 11.8. The number of pyridine rings is 1. The van der Waals surface area contributed by atoms with Crippen molar-refractivity contribution in [3.8, 4) is 28.1 Å². The Morgan fingerprint density at radius 2 is 1.20 bits per heavy atom. The van der Waals surface area contributed by atoms with Crippen LogP contribution in [-0.2, 0) is 11.8 Å². The molecule has 6 heteroatoms. The second-order valence-electron chi connectivity index (χ2n) is 9.41. The van der Waals surface area contributed by atoms with E-state index in [0.29, 0.717) is 0 Å². The zero-order chi connectivity index (χ0) is 25.1. The van der Waals surface area contributed by atoms with Crippen LogP contribution >= 0.6 is 0 Å². The van der Waals surface area contributed by atoms with Crippen molar-refractivity contribution in [2.24, 2.45) is 0 Å². The Balaban J connectivity index is 0.000000527. The summed E-state index contributed by atoms with van der Waals surface area (Å²) in [6.07, 6.45) is 3.57. The fraction of sp³-hybridized carbons (Fsp3) is 0.207. The van der Waals surface area contributed by atoms with Crippen molar-refractivity contribution < 1.29 is 21.8 Å². The third kappa shape index (κ3) is 5.81. The number of benzene rings is 3. The van der Waals surface area contributed by atoms with Gasteiger partial charge in [-0.2, -0.15) is 4.57 Å². The minimum atomic E-state index is -6.00. The third-order valence-electron chi connectivity index (χ3n) is 6.39. The van der Waals surface area contributed by atoms with Gasteiger partial charge in [-0.1, -0.05) is 66.7 Å². The van der Waals surface area contributed by atoms with Gasteiger partial charge >= 0.3 is 7.25 Å². The van der Waals surface area contributed by atoms with E-state index in [1.807, 2.05) is 0 Å². The molecule has 0 amide bonds. The molecule has 1 nitrogen and oxygen atoms in total. The number of fused-ring (bicyclic) bond motifs is 1. The fourth-order valence-corrected chi connectivity index (χ4v) is 5.00. The molecule has 180 valence electrons. The van der Waals surface area contributed by atoms with E-state index in [0.717, 1.165) is 6.42 Å². The van der Waals surface area contributed by atoms with Gasteiger partial charge in [0.25, 0.3) is 0 Å². The third-order valence-corrected chi connectivity index (χ3v) is 6.39. The maximum absolute atomic E-state index is 9.75. The number of aromatic nitrogens is 1. The largest absolute Gasteiger partial charge is 0.673 e. The maximum Gasteiger partial charge on any atom is 0.673 e. The van der Waals surface area contributed by atoms with E-state index in [-0.39, 0.29) is 5.41 Å². The van der Waals surface area contributed by atoms with Crippen LogP contribution in [0.25, 0.3) is 28.1 Å². The van der Waals surface area contributed by atoms with Crippen LogP contribution in [0.2, 0.25) is 0 Å². The van der Waals surface area contributed by atoms with Crippen molar-refractivity contribution in [1.82, 2.24) is 0 Å². The highest BCUT2D eigenvalue weighted by atomic mass is 19.5. The Morgan fingerprint density at radius 1 is 0.714 bits per heavy atom. The van der Waals surface area contributed by atoms with Gasteiger partial charge in [-0.3, -0.25) is 0 Å². The quantitative estimate of drug-likeness (QED) is 0.159. The van der Waals surface area contributed by atoms with Crippen LogP contribution in [0.5, 0.6) is 0 Å². The summed E-state index contributed by atoms with van der Waals surface area (Å²) in [5.41, 5.74) is 9.51. The van der Waals surface area contributed by atoms with Gasteiger partial charge in [-0.25, -0.2) is 0 Å². The molecule has 1 heterocycles. The van der Waals surface area contributed by atoms with Crippen LogP contribution < -0.4 is 4.57 Å². The fourth-order valence-electron chi connectivity index (χ4n) is 5.00. The lowest BCUT2D eigenvalue weighted by molar-refractivity contribution is -0.598. The first kappa shape index (κ1) is 24.7. The minimum Gasteiger partial charge on any atom is -0.418 e. The van der Waals surface area contributed by atoms with Crippen LogP contribution in [0.1, 0.15) is 37.9 Å². The SMILES string of the molecule is CC1(C)CCCc2c(-c3ccccc3)cc(-c3ccccc3)[n+](-c3ccccc3)c21.F[B-](F)(F)F. The monoisotopic (exact) mass is 477 g/mol. The number of hydrogen-bond acceptors (Lipinski definition) is 0. The Bertz CT molecular complexity index is 1270. The molecule has 0 saturated carbocycles. The van der Waals surface area contributed by atoms with E-state index in [1.165, 1.54) is 52.2 Å². The van der Waals surface area contributed by atoms with Crippen molar-refractivity contribution in [3.05, 3.63) is 108 Å². The van der Waals surface area contributed by atoms with Gasteiger partial charge in [0.1, 0.15) is 0 Å². The first-order valence-corrected chi connectivity index (χ1v) is 11.8. The summed E-state index contributed by atoms with van der Waals surface area (Å²) < 4.78 is 41.5. The van der Waals surface area contributed by atoms with E-state index in [1.54, 1.807) is 0 Å². The zero-order valence-electron chi connectivity index (χ0n) is 19.9. The van der Waals surface area contributed by atoms with Crippen LogP contribution in [0.4, 0.5) is 17.3 Å². The predicted octanol–water partition coefficient (Wildman–Crippen LogP) is 8.21. The molecule has 1 aliphatic rings. The summed E-state index contributed by atoms with van der Waals surface area (Å²) in [7, 11) is -6.00. The Kier molecular flexibility index (Phi) is 7.11. The van der Waals surface area contributed by atoms with E-state index in [4.69, 9.17) is 0 Å². The van der Waals surface area contributed by atoms with Gasteiger partial charge in [0.15, 0.2) is 5.69 Å². The number of rotatable bonds is 3. The summed E-state index contributed by atoms with van der Waals surface area (Å²) in [5, 5.41) is 0. The van der Waals surface area contributed by atoms with Crippen LogP contribution in [0.15, 0.2) is 97.1 Å². The average Bonchev–Trinajstić information content (AvgIpc) is 2.83. The summed E-state index contributed by atoms with van der Waals surface area (Å²) >= 11 is 0. The van der Waals surface area contributed by atoms with Crippen molar-refractivity contribution in [2.75, 3.05) is 0 Å². The second kappa shape index (κ2) is 10.1. The predicted molar refractivity (Wildman–Crippen MR) is 135 cm³/mol.